The largest absolute Gasteiger partial charge is 0.494 e. The Labute approximate surface area is 100 Å². The summed E-state index contributed by atoms with van der Waals surface area (Å²) in [7, 11) is 3.01. The van der Waals surface area contributed by atoms with E-state index in [2.05, 4.69) is 5.32 Å². The number of ether oxygens (including phenoxy) is 2. The molecule has 0 radical (unpaired) electrons. The highest BCUT2D eigenvalue weighted by molar-refractivity contribution is 5.30. The van der Waals surface area contributed by atoms with E-state index in [0.717, 1.165) is 0 Å². The highest BCUT2D eigenvalue weighted by atomic mass is 19.1. The summed E-state index contributed by atoms with van der Waals surface area (Å²) in [6, 6.07) is 4.43. The summed E-state index contributed by atoms with van der Waals surface area (Å²) in [6.07, 6.45) is -0.743. The Hall–Kier alpha value is -1.17. The van der Waals surface area contributed by atoms with Crippen LogP contribution in [0.4, 0.5) is 4.39 Å². The molecule has 1 rings (SSSR count). The molecule has 0 heterocycles. The maximum Gasteiger partial charge on any atom is 0.165 e. The van der Waals surface area contributed by atoms with E-state index < -0.39 is 11.9 Å². The molecule has 1 aromatic rings. The molecule has 1 atom stereocenters. The van der Waals surface area contributed by atoms with Crippen LogP contribution < -0.4 is 10.1 Å². The SMILES string of the molecule is COCCNCC(O)c1ccc(OC)c(F)c1. The molecular formula is C12H18FNO3. The van der Waals surface area contributed by atoms with Gasteiger partial charge in [0.2, 0.25) is 0 Å². The molecule has 0 saturated carbocycles. The minimum absolute atomic E-state index is 0.174. The molecule has 5 heteroatoms. The average molecular weight is 243 g/mol. The average Bonchev–Trinajstić information content (AvgIpc) is 2.34. The lowest BCUT2D eigenvalue weighted by Crippen LogP contribution is -2.25. The van der Waals surface area contributed by atoms with E-state index in [1.807, 2.05) is 0 Å². The predicted molar refractivity (Wildman–Crippen MR) is 62.7 cm³/mol. The fourth-order valence-electron chi connectivity index (χ4n) is 1.42. The van der Waals surface area contributed by atoms with E-state index in [0.29, 0.717) is 25.3 Å². The van der Waals surface area contributed by atoms with E-state index in [4.69, 9.17) is 9.47 Å². The second kappa shape index (κ2) is 7.21. The van der Waals surface area contributed by atoms with Gasteiger partial charge in [-0.2, -0.15) is 0 Å². The van der Waals surface area contributed by atoms with Gasteiger partial charge in [0.05, 0.1) is 19.8 Å². The molecule has 2 N–H and O–H groups in total. The third kappa shape index (κ3) is 4.30. The van der Waals surface area contributed by atoms with Crippen LogP contribution in [0.3, 0.4) is 0 Å². The Balaban J connectivity index is 2.51. The topological polar surface area (TPSA) is 50.7 Å². The zero-order valence-electron chi connectivity index (χ0n) is 10.1. The smallest absolute Gasteiger partial charge is 0.165 e. The van der Waals surface area contributed by atoms with E-state index in [-0.39, 0.29) is 5.75 Å². The fourth-order valence-corrected chi connectivity index (χ4v) is 1.42. The van der Waals surface area contributed by atoms with Crippen LogP contribution in [0, 0.1) is 5.82 Å². The van der Waals surface area contributed by atoms with Crippen molar-refractivity contribution in [2.45, 2.75) is 6.10 Å². The molecule has 1 aromatic carbocycles. The van der Waals surface area contributed by atoms with Crippen LogP contribution >= 0.6 is 0 Å². The number of halogens is 1. The van der Waals surface area contributed by atoms with E-state index >= 15 is 0 Å². The molecule has 0 spiro atoms. The van der Waals surface area contributed by atoms with Crippen molar-refractivity contribution in [3.05, 3.63) is 29.6 Å². The Morgan fingerprint density at radius 2 is 2.18 bits per heavy atom. The Morgan fingerprint density at radius 3 is 2.76 bits per heavy atom. The van der Waals surface area contributed by atoms with E-state index in [1.165, 1.54) is 19.2 Å². The number of nitrogens with one attached hydrogen (secondary N) is 1. The van der Waals surface area contributed by atoms with E-state index in [1.54, 1.807) is 13.2 Å². The molecule has 0 aliphatic rings. The number of hydrogen-bond donors (Lipinski definition) is 2. The van der Waals surface area contributed by atoms with Crippen molar-refractivity contribution in [1.82, 2.24) is 5.32 Å². The molecule has 0 amide bonds. The normalized spacial score (nSPS) is 12.5. The van der Waals surface area contributed by atoms with Gasteiger partial charge in [-0.15, -0.1) is 0 Å². The van der Waals surface area contributed by atoms with Gasteiger partial charge < -0.3 is 19.9 Å². The van der Waals surface area contributed by atoms with Crippen LogP contribution in [-0.4, -0.2) is 39.0 Å². The molecule has 0 saturated heterocycles. The summed E-state index contributed by atoms with van der Waals surface area (Å²) in [5.74, 6) is -0.297. The van der Waals surface area contributed by atoms with Gasteiger partial charge in [0.15, 0.2) is 11.6 Å². The minimum atomic E-state index is -0.743. The van der Waals surface area contributed by atoms with Gasteiger partial charge in [-0.05, 0) is 17.7 Å². The fraction of sp³-hybridized carbons (Fsp3) is 0.500. The molecule has 96 valence electrons. The molecular weight excluding hydrogens is 225 g/mol. The van der Waals surface area contributed by atoms with Crippen molar-refractivity contribution in [2.75, 3.05) is 33.9 Å². The maximum absolute atomic E-state index is 13.4. The number of methoxy groups -OCH3 is 2. The maximum atomic E-state index is 13.4. The lowest BCUT2D eigenvalue weighted by atomic mass is 10.1. The quantitative estimate of drug-likeness (QED) is 0.704. The third-order valence-electron chi connectivity index (χ3n) is 2.38. The first-order valence-corrected chi connectivity index (χ1v) is 5.40. The lowest BCUT2D eigenvalue weighted by molar-refractivity contribution is 0.161. The first-order valence-electron chi connectivity index (χ1n) is 5.40. The van der Waals surface area contributed by atoms with Gasteiger partial charge in [0.25, 0.3) is 0 Å². The van der Waals surface area contributed by atoms with Gasteiger partial charge in [-0.3, -0.25) is 0 Å². The Kier molecular flexibility index (Phi) is 5.90. The molecule has 0 aliphatic heterocycles. The van der Waals surface area contributed by atoms with Gasteiger partial charge in [0.1, 0.15) is 0 Å². The summed E-state index contributed by atoms with van der Waals surface area (Å²) in [5.41, 5.74) is 0.521. The van der Waals surface area contributed by atoms with Crippen LogP contribution in [0.5, 0.6) is 5.75 Å². The molecule has 0 aliphatic carbocycles. The van der Waals surface area contributed by atoms with Gasteiger partial charge in [0, 0.05) is 20.2 Å². The number of rotatable bonds is 7. The van der Waals surface area contributed by atoms with Crippen LogP contribution in [0.15, 0.2) is 18.2 Å². The monoisotopic (exact) mass is 243 g/mol. The molecule has 0 bridgehead atoms. The van der Waals surface area contributed by atoms with Crippen LogP contribution in [0.1, 0.15) is 11.7 Å². The second-order valence-electron chi connectivity index (χ2n) is 3.61. The van der Waals surface area contributed by atoms with Crippen molar-refractivity contribution >= 4 is 0 Å². The van der Waals surface area contributed by atoms with Crippen molar-refractivity contribution in [3.8, 4) is 5.75 Å². The molecule has 1 unspecified atom stereocenters. The summed E-state index contributed by atoms with van der Waals surface area (Å²) >= 11 is 0. The predicted octanol–water partition coefficient (Wildman–Crippen LogP) is 1.10. The summed E-state index contributed by atoms with van der Waals surface area (Å²) in [5, 5.41) is 12.8. The number of hydrogen-bond acceptors (Lipinski definition) is 4. The first kappa shape index (κ1) is 13.9. The lowest BCUT2D eigenvalue weighted by Gasteiger charge is -2.13. The summed E-state index contributed by atoms with van der Waals surface area (Å²) in [4.78, 5) is 0. The molecule has 17 heavy (non-hydrogen) atoms. The Bertz CT molecular complexity index is 347. The van der Waals surface area contributed by atoms with Gasteiger partial charge in [-0.1, -0.05) is 6.07 Å². The number of aliphatic hydroxyl groups is 1. The zero-order valence-corrected chi connectivity index (χ0v) is 10.1. The van der Waals surface area contributed by atoms with E-state index in [9.17, 15) is 9.50 Å². The van der Waals surface area contributed by atoms with Crippen molar-refractivity contribution in [1.29, 1.82) is 0 Å². The van der Waals surface area contributed by atoms with Crippen LogP contribution in [0.25, 0.3) is 0 Å². The standard InChI is InChI=1S/C12H18FNO3/c1-16-6-5-14-8-11(15)9-3-4-12(17-2)10(13)7-9/h3-4,7,11,14-15H,5-6,8H2,1-2H3. The third-order valence-corrected chi connectivity index (χ3v) is 2.38. The number of aliphatic hydroxyl groups excluding tert-OH is 1. The molecule has 0 fully saturated rings. The number of benzene rings is 1. The van der Waals surface area contributed by atoms with Gasteiger partial charge in [-0.25, -0.2) is 4.39 Å². The zero-order chi connectivity index (χ0) is 12.7. The highest BCUT2D eigenvalue weighted by Crippen LogP contribution is 2.21. The van der Waals surface area contributed by atoms with Crippen LogP contribution in [-0.2, 0) is 4.74 Å². The Morgan fingerprint density at radius 1 is 1.41 bits per heavy atom. The van der Waals surface area contributed by atoms with Crippen LogP contribution in [0.2, 0.25) is 0 Å². The minimum Gasteiger partial charge on any atom is -0.494 e. The highest BCUT2D eigenvalue weighted by Gasteiger charge is 2.10. The summed E-state index contributed by atoms with van der Waals surface area (Å²) < 4.78 is 23.0. The van der Waals surface area contributed by atoms with Gasteiger partial charge >= 0.3 is 0 Å². The van der Waals surface area contributed by atoms with Crippen molar-refractivity contribution < 1.29 is 19.0 Å². The second-order valence-corrected chi connectivity index (χ2v) is 3.61. The molecule has 0 aromatic heterocycles. The molecule has 4 nitrogen and oxygen atoms in total. The first-order chi connectivity index (χ1) is 8.19. The van der Waals surface area contributed by atoms with Crippen molar-refractivity contribution in [2.24, 2.45) is 0 Å². The van der Waals surface area contributed by atoms with Crippen molar-refractivity contribution in [3.63, 3.8) is 0 Å². The summed E-state index contributed by atoms with van der Waals surface area (Å²) in [6.45, 7) is 1.57.